The van der Waals surface area contributed by atoms with E-state index in [1.165, 1.54) is 21.9 Å². The van der Waals surface area contributed by atoms with Gasteiger partial charge < -0.3 is 19.7 Å². The Morgan fingerprint density at radius 1 is 1.18 bits per heavy atom. The molecule has 2 aliphatic rings. The van der Waals surface area contributed by atoms with Crippen LogP contribution in [0.25, 0.3) is 0 Å². The third-order valence-corrected chi connectivity index (χ3v) is 6.36. The van der Waals surface area contributed by atoms with Crippen molar-refractivity contribution in [3.05, 3.63) is 77.1 Å². The molecule has 2 aliphatic heterocycles. The molecule has 0 amide bonds. The van der Waals surface area contributed by atoms with Crippen molar-refractivity contribution in [1.82, 2.24) is 10.6 Å². The van der Waals surface area contributed by atoms with E-state index in [1.807, 2.05) is 13.8 Å². The highest BCUT2D eigenvalue weighted by molar-refractivity contribution is 7.98. The molecular formula is C27H37N3O2S. The fraction of sp³-hybridized carbons (Fsp3) is 0.407. The molecule has 5 nitrogen and oxygen atoms in total. The zero-order valence-electron chi connectivity index (χ0n) is 20.5. The van der Waals surface area contributed by atoms with Gasteiger partial charge in [0, 0.05) is 43.0 Å². The lowest BCUT2D eigenvalue weighted by molar-refractivity contribution is 0.0719. The number of benzene rings is 2. The van der Waals surface area contributed by atoms with Crippen molar-refractivity contribution in [3.63, 3.8) is 0 Å². The van der Waals surface area contributed by atoms with Gasteiger partial charge in [-0.05, 0) is 67.1 Å². The summed E-state index contributed by atoms with van der Waals surface area (Å²) in [5, 5.41) is 6.87. The largest absolute Gasteiger partial charge is 0.491 e. The third kappa shape index (κ3) is 6.56. The molecular weight excluding hydrogens is 430 g/mol. The number of hydrogen-bond acceptors (Lipinski definition) is 6. The Labute approximate surface area is 203 Å². The van der Waals surface area contributed by atoms with Crippen molar-refractivity contribution in [1.29, 1.82) is 0 Å². The van der Waals surface area contributed by atoms with E-state index >= 15 is 0 Å². The van der Waals surface area contributed by atoms with Crippen LogP contribution in [0.3, 0.4) is 0 Å². The lowest BCUT2D eigenvalue weighted by Gasteiger charge is -2.28. The van der Waals surface area contributed by atoms with E-state index in [9.17, 15) is 0 Å². The van der Waals surface area contributed by atoms with Crippen molar-refractivity contribution in [3.8, 4) is 5.75 Å². The number of nitrogens with one attached hydrogen (secondary N) is 2. The van der Waals surface area contributed by atoms with Crippen LogP contribution < -0.4 is 20.3 Å². The molecule has 0 aliphatic carbocycles. The van der Waals surface area contributed by atoms with Crippen molar-refractivity contribution < 1.29 is 9.47 Å². The molecule has 1 atom stereocenters. The number of fused-ring (bicyclic) bond motifs is 1. The SMILES string of the molecule is CC.COC(NCc1ccc(SC)cc1)c1ccc2c(c1)OCCCN2C1=CCNC(C)=C1. The molecule has 1 unspecified atom stereocenters. The summed E-state index contributed by atoms with van der Waals surface area (Å²) >= 11 is 1.75. The molecule has 6 heteroatoms. The Balaban J connectivity index is 0.00000149. The maximum absolute atomic E-state index is 6.13. The first-order valence-corrected chi connectivity index (χ1v) is 13.0. The molecule has 33 heavy (non-hydrogen) atoms. The van der Waals surface area contributed by atoms with E-state index < -0.39 is 0 Å². The molecule has 0 radical (unpaired) electrons. The van der Waals surface area contributed by atoms with Crippen LogP contribution in [0.15, 0.2) is 70.9 Å². The molecule has 0 fully saturated rings. The second-order valence-electron chi connectivity index (χ2n) is 7.76. The van der Waals surface area contributed by atoms with Crippen LogP contribution in [0.1, 0.15) is 44.5 Å². The lowest BCUT2D eigenvalue weighted by Crippen LogP contribution is -2.27. The predicted octanol–water partition coefficient (Wildman–Crippen LogP) is 5.85. The van der Waals surface area contributed by atoms with E-state index in [2.05, 4.69) is 83.3 Å². The average molecular weight is 468 g/mol. The van der Waals surface area contributed by atoms with Gasteiger partial charge in [-0.2, -0.15) is 0 Å². The van der Waals surface area contributed by atoms with Gasteiger partial charge in [0.2, 0.25) is 0 Å². The van der Waals surface area contributed by atoms with E-state index in [-0.39, 0.29) is 6.23 Å². The van der Waals surface area contributed by atoms with Crippen molar-refractivity contribution in [2.45, 2.75) is 44.9 Å². The van der Waals surface area contributed by atoms with E-state index in [4.69, 9.17) is 9.47 Å². The van der Waals surface area contributed by atoms with Gasteiger partial charge in [0.25, 0.3) is 0 Å². The highest BCUT2D eigenvalue weighted by Crippen LogP contribution is 2.36. The van der Waals surface area contributed by atoms with Crippen LogP contribution in [0, 0.1) is 0 Å². The van der Waals surface area contributed by atoms with Crippen LogP contribution in [0.2, 0.25) is 0 Å². The maximum Gasteiger partial charge on any atom is 0.143 e. The minimum absolute atomic E-state index is 0.203. The number of nitrogens with zero attached hydrogens (tertiary/aromatic N) is 1. The summed E-state index contributed by atoms with van der Waals surface area (Å²) in [6.45, 7) is 9.36. The van der Waals surface area contributed by atoms with Crippen LogP contribution in [-0.2, 0) is 11.3 Å². The molecule has 2 aromatic carbocycles. The number of thioether (sulfide) groups is 1. The first kappa shape index (κ1) is 25.2. The van der Waals surface area contributed by atoms with Crippen LogP contribution in [0.5, 0.6) is 5.75 Å². The molecule has 4 rings (SSSR count). The second-order valence-corrected chi connectivity index (χ2v) is 8.64. The topological polar surface area (TPSA) is 45.8 Å². The fourth-order valence-electron chi connectivity index (χ4n) is 3.95. The smallest absolute Gasteiger partial charge is 0.143 e. The van der Waals surface area contributed by atoms with E-state index in [0.29, 0.717) is 6.61 Å². The monoisotopic (exact) mass is 467 g/mol. The van der Waals surface area contributed by atoms with Gasteiger partial charge in [-0.15, -0.1) is 11.8 Å². The standard InChI is InChI=1S/C25H31N3O2S.C2H6/c1-18-15-21(11-12-26-18)28-13-4-14-30-24-16-20(7-10-23(24)28)25(29-2)27-17-19-5-8-22(31-3)9-6-19;1-2/h5-11,15-16,25-27H,4,12-14,17H2,1-3H3;1-2H3. The van der Waals surface area contributed by atoms with Crippen molar-refractivity contribution in [2.75, 3.05) is 38.0 Å². The number of hydrogen-bond donors (Lipinski definition) is 2. The maximum atomic E-state index is 6.13. The number of rotatable bonds is 7. The van der Waals surface area contributed by atoms with Gasteiger partial charge in [-0.25, -0.2) is 0 Å². The summed E-state index contributed by atoms with van der Waals surface area (Å²) in [7, 11) is 1.74. The van der Waals surface area contributed by atoms with Crippen molar-refractivity contribution >= 4 is 17.4 Å². The van der Waals surface area contributed by atoms with Gasteiger partial charge in [0.15, 0.2) is 0 Å². The molecule has 178 valence electrons. The predicted molar refractivity (Wildman–Crippen MR) is 140 cm³/mol. The molecule has 0 aromatic heterocycles. The Hall–Kier alpha value is -2.41. The molecule has 2 heterocycles. The summed E-state index contributed by atoms with van der Waals surface area (Å²) in [6.07, 6.45) is 7.31. The molecule has 2 aromatic rings. The normalized spacial score (nSPS) is 16.1. The number of ether oxygens (including phenoxy) is 2. The Morgan fingerprint density at radius 2 is 1.97 bits per heavy atom. The zero-order chi connectivity index (χ0) is 23.6. The van der Waals surface area contributed by atoms with Crippen molar-refractivity contribution in [2.24, 2.45) is 0 Å². The van der Waals surface area contributed by atoms with Gasteiger partial charge in [-0.3, -0.25) is 5.32 Å². The lowest BCUT2D eigenvalue weighted by atomic mass is 10.1. The molecule has 0 spiro atoms. The average Bonchev–Trinajstić information content (AvgIpc) is 3.08. The number of allylic oxidation sites excluding steroid dienone is 2. The first-order valence-electron chi connectivity index (χ1n) is 11.7. The quantitative estimate of drug-likeness (QED) is 0.393. The molecule has 0 bridgehead atoms. The van der Waals surface area contributed by atoms with Gasteiger partial charge in [0.05, 0.1) is 12.3 Å². The first-order chi connectivity index (χ1) is 16.2. The van der Waals surface area contributed by atoms with E-state index in [1.54, 1.807) is 18.9 Å². The highest BCUT2D eigenvalue weighted by atomic mass is 32.2. The molecule has 0 saturated carbocycles. The van der Waals surface area contributed by atoms with Gasteiger partial charge >= 0.3 is 0 Å². The fourth-order valence-corrected chi connectivity index (χ4v) is 4.36. The molecule has 0 saturated heterocycles. The minimum atomic E-state index is -0.203. The zero-order valence-corrected chi connectivity index (χ0v) is 21.3. The van der Waals surface area contributed by atoms with Gasteiger partial charge in [0.1, 0.15) is 12.0 Å². The van der Waals surface area contributed by atoms with E-state index in [0.717, 1.165) is 43.1 Å². The van der Waals surface area contributed by atoms with Crippen LogP contribution in [0.4, 0.5) is 5.69 Å². The number of methoxy groups -OCH3 is 1. The highest BCUT2D eigenvalue weighted by Gasteiger charge is 2.22. The number of dihydropyridines is 1. The summed E-state index contributed by atoms with van der Waals surface area (Å²) < 4.78 is 11.9. The van der Waals surface area contributed by atoms with Crippen LogP contribution in [-0.4, -0.2) is 33.1 Å². The third-order valence-electron chi connectivity index (χ3n) is 5.62. The number of anilines is 1. The Bertz CT molecular complexity index is 956. The van der Waals surface area contributed by atoms with Crippen LogP contribution >= 0.6 is 11.8 Å². The minimum Gasteiger partial charge on any atom is -0.491 e. The summed E-state index contributed by atoms with van der Waals surface area (Å²) in [5.41, 5.74) is 5.83. The Kier molecular flexibility index (Phi) is 9.73. The Morgan fingerprint density at radius 3 is 2.67 bits per heavy atom. The summed E-state index contributed by atoms with van der Waals surface area (Å²) in [4.78, 5) is 3.63. The summed E-state index contributed by atoms with van der Waals surface area (Å²) in [5.74, 6) is 0.911. The summed E-state index contributed by atoms with van der Waals surface area (Å²) in [6, 6.07) is 15.0. The second kappa shape index (κ2) is 12.7. The van der Waals surface area contributed by atoms with Gasteiger partial charge in [-0.1, -0.05) is 32.0 Å². The molecule has 2 N–H and O–H groups in total.